The monoisotopic (exact) mass is 898 g/mol. The van der Waals surface area contributed by atoms with Crippen molar-refractivity contribution in [3.05, 3.63) is 102 Å². The molecule has 4 amide bonds. The average Bonchev–Trinajstić information content (AvgIpc) is 4.05. The van der Waals surface area contributed by atoms with E-state index in [-0.39, 0.29) is 24.0 Å². The van der Waals surface area contributed by atoms with Gasteiger partial charge in [0.2, 0.25) is 11.8 Å². The van der Waals surface area contributed by atoms with Gasteiger partial charge in [0.1, 0.15) is 23.2 Å². The second-order valence-electron chi connectivity index (χ2n) is 16.1. The highest BCUT2D eigenvalue weighted by Gasteiger charge is 2.44. The van der Waals surface area contributed by atoms with Crippen LogP contribution in [0.2, 0.25) is 0 Å². The molecule has 21 heteroatoms. The SMILES string of the molecule is Nc1cncc(-c2cn3ccnc3c(Nc3ccc(N4CCN(Cc5cn(CCOCCOCCOCCCc6ccc7c(c6)C(=O)N(C6CCC(=O)NC6=O)C7=O)nn5)CC4)cc3)n2)n1. The number of hydrogen-bond donors (Lipinski definition) is 3. The van der Waals surface area contributed by atoms with Crippen LogP contribution in [0, 0.1) is 0 Å². The summed E-state index contributed by atoms with van der Waals surface area (Å²) < 4.78 is 20.8. The first-order chi connectivity index (χ1) is 32.3. The van der Waals surface area contributed by atoms with Crippen LogP contribution in [0.15, 0.2) is 79.6 Å². The number of nitrogens with two attached hydrogens (primary N) is 1. The predicted octanol–water partition coefficient (Wildman–Crippen LogP) is 2.51. The first-order valence-electron chi connectivity index (χ1n) is 22.0. The summed E-state index contributed by atoms with van der Waals surface area (Å²) in [6.07, 6.45) is 12.1. The average molecular weight is 899 g/mol. The fourth-order valence-corrected chi connectivity index (χ4v) is 8.20. The van der Waals surface area contributed by atoms with Gasteiger partial charge in [0.15, 0.2) is 11.5 Å². The number of aryl methyl sites for hydroxylation is 1. The van der Waals surface area contributed by atoms with Crippen molar-refractivity contribution in [1.29, 1.82) is 0 Å². The number of imidazole rings is 1. The lowest BCUT2D eigenvalue weighted by Crippen LogP contribution is -2.54. The fourth-order valence-electron chi connectivity index (χ4n) is 8.20. The van der Waals surface area contributed by atoms with Gasteiger partial charge in [-0.1, -0.05) is 11.3 Å². The van der Waals surface area contributed by atoms with Gasteiger partial charge in [-0.3, -0.25) is 39.3 Å². The third-order valence-electron chi connectivity index (χ3n) is 11.6. The number of carbonyl (C=O) groups is 4. The highest BCUT2D eigenvalue weighted by Crippen LogP contribution is 2.29. The lowest BCUT2D eigenvalue weighted by molar-refractivity contribution is -0.136. The molecule has 0 saturated carbocycles. The molecule has 1 unspecified atom stereocenters. The number of nitrogen functional groups attached to an aromatic ring is 1. The molecule has 342 valence electrons. The van der Waals surface area contributed by atoms with Crippen molar-refractivity contribution in [3.63, 3.8) is 0 Å². The smallest absolute Gasteiger partial charge is 0.262 e. The van der Waals surface area contributed by atoms with Crippen LogP contribution >= 0.6 is 0 Å². The number of nitrogens with zero attached hydrogens (tertiary/aromatic N) is 11. The van der Waals surface area contributed by atoms with Crippen molar-refractivity contribution in [2.75, 3.05) is 81.8 Å². The zero-order valence-electron chi connectivity index (χ0n) is 36.3. The van der Waals surface area contributed by atoms with Crippen LogP contribution in [0.3, 0.4) is 0 Å². The number of hydrogen-bond acceptors (Lipinski definition) is 17. The normalized spacial score (nSPS) is 16.6. The molecule has 3 aliphatic heterocycles. The van der Waals surface area contributed by atoms with E-state index in [9.17, 15) is 19.2 Å². The van der Waals surface area contributed by atoms with Gasteiger partial charge >= 0.3 is 0 Å². The highest BCUT2D eigenvalue weighted by molar-refractivity contribution is 6.23. The molecule has 4 aromatic heterocycles. The van der Waals surface area contributed by atoms with E-state index in [0.717, 1.165) is 60.3 Å². The molecule has 9 rings (SSSR count). The van der Waals surface area contributed by atoms with Gasteiger partial charge in [-0.2, -0.15) is 0 Å². The van der Waals surface area contributed by atoms with Crippen molar-refractivity contribution in [3.8, 4) is 11.4 Å². The van der Waals surface area contributed by atoms with E-state index in [2.05, 4.69) is 57.8 Å². The van der Waals surface area contributed by atoms with Crippen LogP contribution in [0.5, 0.6) is 0 Å². The second-order valence-corrected chi connectivity index (χ2v) is 16.1. The van der Waals surface area contributed by atoms with Crippen molar-refractivity contribution < 1.29 is 33.4 Å². The van der Waals surface area contributed by atoms with Crippen molar-refractivity contribution >= 4 is 52.3 Å². The standard InChI is InChI=1S/C45H50N14O7/c46-39-26-47-25-36(50-39)37-29-57-12-11-48-42(57)41(51-37)49-31-4-6-33(7-5-31)56-15-13-55(14-16-56)27-32-28-58(54-53-32)17-19-65-21-23-66-22-20-64-18-1-2-30-3-8-34-35(24-30)45(63)59(44(34)62)38-9-10-40(60)52-43(38)61/h3-8,11-12,24-26,28-29,38H,1-2,9-10,13-23,27H2,(H2,46,50)(H,49,51)(H,52,60,61). The number of piperidine rings is 1. The summed E-state index contributed by atoms with van der Waals surface area (Å²) in [6, 6.07) is 12.5. The van der Waals surface area contributed by atoms with E-state index in [1.54, 1.807) is 29.2 Å². The Morgan fingerprint density at radius 1 is 0.818 bits per heavy atom. The van der Waals surface area contributed by atoms with Gasteiger partial charge in [-0.05, 0) is 61.2 Å². The molecular formula is C45H50N14O7. The number of rotatable bonds is 20. The zero-order chi connectivity index (χ0) is 45.4. The maximum absolute atomic E-state index is 13.1. The minimum atomic E-state index is -0.978. The summed E-state index contributed by atoms with van der Waals surface area (Å²) in [5, 5.41) is 14.3. The molecule has 1 atom stereocenters. The molecule has 3 aliphatic rings. The van der Waals surface area contributed by atoms with Gasteiger partial charge in [0, 0.05) is 81.9 Å². The van der Waals surface area contributed by atoms with Gasteiger partial charge in [0.05, 0.1) is 68.8 Å². The van der Waals surface area contributed by atoms with Crippen molar-refractivity contribution in [1.82, 2.24) is 54.4 Å². The highest BCUT2D eigenvalue weighted by atomic mass is 16.5. The summed E-state index contributed by atoms with van der Waals surface area (Å²) in [5.41, 5.74) is 12.2. The lowest BCUT2D eigenvalue weighted by atomic mass is 10.0. The Labute approximate surface area is 379 Å². The Hall–Kier alpha value is -7.20. The third kappa shape index (κ3) is 10.3. The number of imide groups is 2. The number of nitrogens with one attached hydrogen (secondary N) is 2. The van der Waals surface area contributed by atoms with E-state index in [1.807, 2.05) is 41.2 Å². The van der Waals surface area contributed by atoms with E-state index in [1.165, 1.54) is 6.20 Å². The van der Waals surface area contributed by atoms with Gasteiger partial charge in [0.25, 0.3) is 11.8 Å². The van der Waals surface area contributed by atoms with E-state index in [0.29, 0.717) is 87.7 Å². The molecule has 6 aromatic rings. The first kappa shape index (κ1) is 44.0. The quantitative estimate of drug-likeness (QED) is 0.0737. The van der Waals surface area contributed by atoms with Gasteiger partial charge in [-0.15, -0.1) is 5.10 Å². The van der Waals surface area contributed by atoms with E-state index in [4.69, 9.17) is 24.9 Å². The van der Waals surface area contributed by atoms with Gasteiger partial charge in [-0.25, -0.2) is 19.6 Å². The molecule has 0 bridgehead atoms. The molecule has 0 aliphatic carbocycles. The topological polar surface area (TPSA) is 242 Å². The number of benzene rings is 2. The molecule has 66 heavy (non-hydrogen) atoms. The first-order valence-corrected chi connectivity index (χ1v) is 22.0. The molecule has 0 radical (unpaired) electrons. The van der Waals surface area contributed by atoms with Crippen LogP contribution in [0.1, 0.15) is 51.2 Å². The fraction of sp³-hybridized carbons (Fsp3) is 0.378. The van der Waals surface area contributed by atoms with Crippen LogP contribution in [-0.4, -0.2) is 145 Å². The summed E-state index contributed by atoms with van der Waals surface area (Å²) in [4.78, 5) is 73.4. The summed E-state index contributed by atoms with van der Waals surface area (Å²) >= 11 is 0. The Kier molecular flexibility index (Phi) is 13.6. The van der Waals surface area contributed by atoms with Crippen LogP contribution in [-0.2, 0) is 43.3 Å². The molecule has 4 N–H and O–H groups in total. The maximum atomic E-state index is 13.1. The van der Waals surface area contributed by atoms with E-state index < -0.39 is 29.7 Å². The Morgan fingerprint density at radius 3 is 2.38 bits per heavy atom. The number of amides is 4. The molecule has 21 nitrogen and oxygen atoms in total. The summed E-state index contributed by atoms with van der Waals surface area (Å²) in [7, 11) is 0. The molecule has 0 spiro atoms. The van der Waals surface area contributed by atoms with E-state index >= 15 is 0 Å². The van der Waals surface area contributed by atoms with Gasteiger partial charge < -0.3 is 34.6 Å². The summed E-state index contributed by atoms with van der Waals surface area (Å²) in [5.74, 6) is -1.12. The Morgan fingerprint density at radius 2 is 1.59 bits per heavy atom. The molecular weight excluding hydrogens is 849 g/mol. The molecule has 2 aromatic carbocycles. The minimum absolute atomic E-state index is 0.0830. The zero-order valence-corrected chi connectivity index (χ0v) is 36.3. The number of carbonyl (C=O) groups excluding carboxylic acids is 4. The van der Waals surface area contributed by atoms with Crippen LogP contribution in [0.4, 0.5) is 23.0 Å². The second kappa shape index (κ2) is 20.3. The van der Waals surface area contributed by atoms with Crippen LogP contribution in [0.25, 0.3) is 17.0 Å². The van der Waals surface area contributed by atoms with Crippen molar-refractivity contribution in [2.45, 2.75) is 44.8 Å². The Balaban J connectivity index is 0.616. The minimum Gasteiger partial charge on any atom is -0.382 e. The lowest BCUT2D eigenvalue weighted by Gasteiger charge is -2.35. The molecule has 7 heterocycles. The predicted molar refractivity (Wildman–Crippen MR) is 240 cm³/mol. The molecule has 2 saturated heterocycles. The third-order valence-corrected chi connectivity index (χ3v) is 11.6. The molecule has 2 fully saturated rings. The number of anilines is 4. The number of fused-ring (bicyclic) bond motifs is 2. The summed E-state index contributed by atoms with van der Waals surface area (Å²) in [6.45, 7) is 7.68. The number of ether oxygens (including phenoxy) is 3. The van der Waals surface area contributed by atoms with Crippen LogP contribution < -0.4 is 21.3 Å². The Bertz CT molecular complexity index is 2700. The maximum Gasteiger partial charge on any atom is 0.262 e. The number of aromatic nitrogens is 8. The van der Waals surface area contributed by atoms with Crippen molar-refractivity contribution in [2.24, 2.45) is 0 Å². The number of piperazine rings is 1. The largest absolute Gasteiger partial charge is 0.382 e.